The summed E-state index contributed by atoms with van der Waals surface area (Å²) in [7, 11) is 2.18. The van der Waals surface area contributed by atoms with Crippen LogP contribution in [0.3, 0.4) is 0 Å². The Hall–Kier alpha value is -0.850. The van der Waals surface area contributed by atoms with Gasteiger partial charge in [-0.05, 0) is 34.2 Å². The molecule has 2 fully saturated rings. The van der Waals surface area contributed by atoms with Gasteiger partial charge in [0.25, 0.3) is 0 Å². The van der Waals surface area contributed by atoms with Crippen molar-refractivity contribution in [3.05, 3.63) is 0 Å². The van der Waals surface area contributed by atoms with Crippen LogP contribution < -0.4 is 5.32 Å². The fourth-order valence-corrected chi connectivity index (χ4v) is 2.92. The zero-order chi connectivity index (χ0) is 16.2. The Bertz CT molecular complexity index is 362. The molecule has 0 aromatic carbocycles. The van der Waals surface area contributed by atoms with Crippen molar-refractivity contribution in [2.75, 3.05) is 59.4 Å². The molecule has 0 radical (unpaired) electrons. The SMILES string of the molecule is CN1CCN(CCNC2CCN(C(=O)OC(C)(C)C)C2)CC1. The lowest BCUT2D eigenvalue weighted by atomic mass is 10.2. The minimum absolute atomic E-state index is 0.184. The average Bonchev–Trinajstić information content (AvgIpc) is 2.88. The maximum atomic E-state index is 12.0. The zero-order valence-corrected chi connectivity index (χ0v) is 14.6. The Kier molecular flexibility index (Phi) is 6.06. The van der Waals surface area contributed by atoms with Gasteiger partial charge in [0.1, 0.15) is 5.60 Å². The van der Waals surface area contributed by atoms with E-state index in [0.717, 1.165) is 58.8 Å². The van der Waals surface area contributed by atoms with Crippen molar-refractivity contribution >= 4 is 6.09 Å². The second-order valence-corrected chi connectivity index (χ2v) is 7.51. The first-order valence-corrected chi connectivity index (χ1v) is 8.46. The lowest BCUT2D eigenvalue weighted by Crippen LogP contribution is -2.47. The van der Waals surface area contributed by atoms with E-state index < -0.39 is 5.60 Å². The highest BCUT2D eigenvalue weighted by Crippen LogP contribution is 2.15. The topological polar surface area (TPSA) is 48.0 Å². The highest BCUT2D eigenvalue weighted by atomic mass is 16.6. The third-order valence-electron chi connectivity index (χ3n) is 4.30. The van der Waals surface area contributed by atoms with Gasteiger partial charge in [-0.3, -0.25) is 4.90 Å². The highest BCUT2D eigenvalue weighted by molar-refractivity contribution is 5.68. The second kappa shape index (κ2) is 7.62. The van der Waals surface area contributed by atoms with Crippen LogP contribution in [-0.4, -0.2) is 91.8 Å². The third-order valence-corrected chi connectivity index (χ3v) is 4.30. The van der Waals surface area contributed by atoms with Gasteiger partial charge >= 0.3 is 6.09 Å². The largest absolute Gasteiger partial charge is 0.444 e. The molecule has 2 saturated heterocycles. The molecule has 1 amide bonds. The molecule has 0 saturated carbocycles. The standard InChI is InChI=1S/C16H32N4O2/c1-16(2,3)22-15(21)20-7-5-14(13-20)17-6-8-19-11-9-18(4)10-12-19/h14,17H,5-13H2,1-4H3. The molecule has 1 N–H and O–H groups in total. The summed E-state index contributed by atoms with van der Waals surface area (Å²) in [6, 6.07) is 0.403. The Balaban J connectivity index is 1.61. The van der Waals surface area contributed by atoms with Gasteiger partial charge in [0.2, 0.25) is 0 Å². The van der Waals surface area contributed by atoms with Gasteiger partial charge in [-0.2, -0.15) is 0 Å². The summed E-state index contributed by atoms with van der Waals surface area (Å²) in [6.07, 6.45) is 0.831. The van der Waals surface area contributed by atoms with Gasteiger partial charge < -0.3 is 19.9 Å². The van der Waals surface area contributed by atoms with Crippen molar-refractivity contribution in [2.24, 2.45) is 0 Å². The molecule has 2 rings (SSSR count). The normalized spacial score (nSPS) is 24.7. The van der Waals surface area contributed by atoms with E-state index in [2.05, 4.69) is 22.2 Å². The Labute approximate surface area is 134 Å². The van der Waals surface area contributed by atoms with Crippen LogP contribution in [0.5, 0.6) is 0 Å². The highest BCUT2D eigenvalue weighted by Gasteiger charge is 2.29. The van der Waals surface area contributed by atoms with Gasteiger partial charge in [-0.15, -0.1) is 0 Å². The molecule has 22 heavy (non-hydrogen) atoms. The second-order valence-electron chi connectivity index (χ2n) is 7.51. The number of carbonyl (C=O) groups excluding carboxylic acids is 1. The minimum atomic E-state index is -0.413. The summed E-state index contributed by atoms with van der Waals surface area (Å²) >= 11 is 0. The van der Waals surface area contributed by atoms with Crippen LogP contribution in [-0.2, 0) is 4.74 Å². The minimum Gasteiger partial charge on any atom is -0.444 e. The maximum Gasteiger partial charge on any atom is 0.410 e. The van der Waals surface area contributed by atoms with Crippen LogP contribution in [0.4, 0.5) is 4.79 Å². The van der Waals surface area contributed by atoms with Crippen LogP contribution in [0.25, 0.3) is 0 Å². The van der Waals surface area contributed by atoms with E-state index in [1.807, 2.05) is 25.7 Å². The van der Waals surface area contributed by atoms with Crippen molar-refractivity contribution in [3.8, 4) is 0 Å². The van der Waals surface area contributed by atoms with Gasteiger partial charge in [-0.25, -0.2) is 4.79 Å². The number of likely N-dealkylation sites (N-methyl/N-ethyl adjacent to an activating group) is 1. The number of rotatable bonds is 4. The summed E-state index contributed by atoms with van der Waals surface area (Å²) in [5.74, 6) is 0. The first-order chi connectivity index (χ1) is 10.3. The number of likely N-dealkylation sites (tertiary alicyclic amines) is 1. The third kappa shape index (κ3) is 5.74. The van der Waals surface area contributed by atoms with E-state index in [9.17, 15) is 4.79 Å². The molecule has 2 aliphatic rings. The summed E-state index contributed by atoms with van der Waals surface area (Å²) < 4.78 is 5.43. The molecule has 6 nitrogen and oxygen atoms in total. The number of hydrogen-bond donors (Lipinski definition) is 1. The van der Waals surface area contributed by atoms with Crippen LogP contribution >= 0.6 is 0 Å². The number of piperazine rings is 1. The quantitative estimate of drug-likeness (QED) is 0.833. The smallest absolute Gasteiger partial charge is 0.410 e. The monoisotopic (exact) mass is 312 g/mol. The number of amides is 1. The number of ether oxygens (including phenoxy) is 1. The Morgan fingerprint density at radius 1 is 1.18 bits per heavy atom. The molecule has 0 bridgehead atoms. The molecular weight excluding hydrogens is 280 g/mol. The molecule has 128 valence electrons. The molecule has 0 aromatic heterocycles. The lowest BCUT2D eigenvalue weighted by molar-refractivity contribution is 0.0291. The number of carbonyl (C=O) groups is 1. The van der Waals surface area contributed by atoms with Crippen LogP contribution in [0.2, 0.25) is 0 Å². The van der Waals surface area contributed by atoms with Crippen molar-refractivity contribution in [3.63, 3.8) is 0 Å². The fourth-order valence-electron chi connectivity index (χ4n) is 2.92. The molecule has 1 atom stereocenters. The molecule has 2 heterocycles. The molecule has 0 aliphatic carbocycles. The van der Waals surface area contributed by atoms with Crippen molar-refractivity contribution in [2.45, 2.75) is 38.8 Å². The predicted octanol–water partition coefficient (Wildman–Crippen LogP) is 0.833. The van der Waals surface area contributed by atoms with E-state index in [0.29, 0.717) is 6.04 Å². The summed E-state index contributed by atoms with van der Waals surface area (Å²) in [6.45, 7) is 14.0. The van der Waals surface area contributed by atoms with Crippen LogP contribution in [0.1, 0.15) is 27.2 Å². The van der Waals surface area contributed by atoms with E-state index >= 15 is 0 Å². The molecule has 6 heteroatoms. The van der Waals surface area contributed by atoms with Gasteiger partial charge in [-0.1, -0.05) is 0 Å². The van der Waals surface area contributed by atoms with Crippen molar-refractivity contribution < 1.29 is 9.53 Å². The zero-order valence-electron chi connectivity index (χ0n) is 14.6. The molecule has 0 aromatic rings. The maximum absolute atomic E-state index is 12.0. The molecule has 2 aliphatic heterocycles. The van der Waals surface area contributed by atoms with E-state index in [-0.39, 0.29) is 6.09 Å². The van der Waals surface area contributed by atoms with E-state index in [4.69, 9.17) is 4.74 Å². The Morgan fingerprint density at radius 2 is 1.86 bits per heavy atom. The van der Waals surface area contributed by atoms with Gasteiger partial charge in [0.15, 0.2) is 0 Å². The average molecular weight is 312 g/mol. The molecule has 0 spiro atoms. The van der Waals surface area contributed by atoms with E-state index in [1.54, 1.807) is 0 Å². The first kappa shape index (κ1) is 17.5. The fraction of sp³-hybridized carbons (Fsp3) is 0.938. The van der Waals surface area contributed by atoms with Crippen molar-refractivity contribution in [1.29, 1.82) is 0 Å². The Morgan fingerprint density at radius 3 is 2.50 bits per heavy atom. The molecule has 1 unspecified atom stereocenters. The predicted molar refractivity (Wildman–Crippen MR) is 88.2 cm³/mol. The summed E-state index contributed by atoms with van der Waals surface area (Å²) in [5, 5.41) is 3.58. The van der Waals surface area contributed by atoms with Crippen LogP contribution in [0, 0.1) is 0 Å². The first-order valence-electron chi connectivity index (χ1n) is 8.46. The number of hydrogen-bond acceptors (Lipinski definition) is 5. The van der Waals surface area contributed by atoms with E-state index in [1.165, 1.54) is 0 Å². The number of nitrogens with zero attached hydrogens (tertiary/aromatic N) is 3. The van der Waals surface area contributed by atoms with Gasteiger partial charge in [0, 0.05) is 58.4 Å². The van der Waals surface area contributed by atoms with Crippen LogP contribution in [0.15, 0.2) is 0 Å². The summed E-state index contributed by atoms with van der Waals surface area (Å²) in [5.41, 5.74) is -0.413. The van der Waals surface area contributed by atoms with Gasteiger partial charge in [0.05, 0.1) is 0 Å². The lowest BCUT2D eigenvalue weighted by Gasteiger charge is -2.32. The number of nitrogens with one attached hydrogen (secondary N) is 1. The molecular formula is C16H32N4O2. The van der Waals surface area contributed by atoms with Crippen molar-refractivity contribution in [1.82, 2.24) is 20.0 Å². The summed E-state index contributed by atoms with van der Waals surface area (Å²) in [4.78, 5) is 18.7.